The van der Waals surface area contributed by atoms with Crippen LogP contribution in [0.5, 0.6) is 5.75 Å². The molecule has 4 rings (SSSR count). The Labute approximate surface area is 230 Å². The predicted molar refractivity (Wildman–Crippen MR) is 138 cm³/mol. The number of alkyl halides is 6. The smallest absolute Gasteiger partial charge is 0.481 e. The molecule has 0 fully saturated rings. The van der Waals surface area contributed by atoms with E-state index in [-0.39, 0.29) is 37.2 Å². The van der Waals surface area contributed by atoms with Crippen LogP contribution in [-0.4, -0.2) is 39.2 Å². The number of fused-ring (bicyclic) bond motifs is 1. The first-order chi connectivity index (χ1) is 19.3. The van der Waals surface area contributed by atoms with Crippen molar-refractivity contribution in [2.45, 2.75) is 50.7 Å². The summed E-state index contributed by atoms with van der Waals surface area (Å²) in [5.41, 5.74) is 2.65. The van der Waals surface area contributed by atoms with Gasteiger partial charge in [0.2, 0.25) is 0 Å². The number of benzene rings is 3. The zero-order valence-electron chi connectivity index (χ0n) is 21.4. The fourth-order valence-electron chi connectivity index (χ4n) is 4.50. The van der Waals surface area contributed by atoms with E-state index in [1.54, 1.807) is 30.3 Å². The lowest BCUT2D eigenvalue weighted by atomic mass is 9.98. The number of carbonyl (C=O) groups is 2. The van der Waals surface area contributed by atoms with Crippen LogP contribution >= 0.6 is 0 Å². The number of ketones is 1. The van der Waals surface area contributed by atoms with Crippen LogP contribution < -0.4 is 4.74 Å². The van der Waals surface area contributed by atoms with Crippen LogP contribution in [-0.2, 0) is 4.79 Å². The number of hydrogen-bond acceptors (Lipinski definition) is 4. The molecule has 0 saturated carbocycles. The summed E-state index contributed by atoms with van der Waals surface area (Å²) in [6.07, 6.45) is -9.03. The van der Waals surface area contributed by atoms with E-state index in [4.69, 9.17) is 5.11 Å². The highest BCUT2D eigenvalue weighted by Gasteiger charge is 2.31. The van der Waals surface area contributed by atoms with Crippen LogP contribution in [0, 0.1) is 0 Å². The van der Waals surface area contributed by atoms with E-state index in [2.05, 4.69) is 9.84 Å². The lowest BCUT2D eigenvalue weighted by Crippen LogP contribution is -2.17. The van der Waals surface area contributed by atoms with Crippen LogP contribution in [0.15, 0.2) is 72.9 Å². The monoisotopic (exact) mass is 578 g/mol. The Kier molecular flexibility index (Phi) is 8.69. The molecule has 6 nitrogen and oxygen atoms in total. The van der Waals surface area contributed by atoms with Crippen molar-refractivity contribution < 1.29 is 45.8 Å². The maximum absolute atomic E-state index is 13.2. The summed E-state index contributed by atoms with van der Waals surface area (Å²) in [4.78, 5) is 23.1. The van der Waals surface area contributed by atoms with Gasteiger partial charge < -0.3 is 9.84 Å². The molecule has 216 valence electrons. The largest absolute Gasteiger partial charge is 0.573 e. The van der Waals surface area contributed by atoms with E-state index in [9.17, 15) is 35.9 Å². The minimum atomic E-state index is -4.81. The third-order valence-corrected chi connectivity index (χ3v) is 6.43. The number of carboxylic acid groups (broad SMARTS) is 1. The molecule has 12 heteroatoms. The average molecular weight is 579 g/mol. The minimum absolute atomic E-state index is 0.0351. The van der Waals surface area contributed by atoms with Crippen molar-refractivity contribution >= 4 is 22.7 Å². The summed E-state index contributed by atoms with van der Waals surface area (Å²) in [7, 11) is 0. The van der Waals surface area contributed by atoms with Crippen molar-refractivity contribution in [3.63, 3.8) is 0 Å². The number of ether oxygens (including phenoxy) is 1. The van der Waals surface area contributed by atoms with E-state index in [1.807, 2.05) is 0 Å². The Morgan fingerprint density at radius 2 is 1.54 bits per heavy atom. The topological polar surface area (TPSA) is 81.4 Å². The van der Waals surface area contributed by atoms with Crippen LogP contribution in [0.2, 0.25) is 0 Å². The summed E-state index contributed by atoms with van der Waals surface area (Å²) < 4.78 is 82.3. The van der Waals surface area contributed by atoms with Crippen molar-refractivity contribution in [1.82, 2.24) is 9.78 Å². The second kappa shape index (κ2) is 12.0. The Hall–Kier alpha value is -4.35. The van der Waals surface area contributed by atoms with Gasteiger partial charge in [-0.2, -0.15) is 18.3 Å². The van der Waals surface area contributed by atoms with Gasteiger partial charge in [0.15, 0.2) is 5.78 Å². The van der Waals surface area contributed by atoms with Crippen molar-refractivity contribution in [1.29, 1.82) is 0 Å². The standard InChI is InChI=1S/C29H24F6N2O4/c30-28(31,32)15-14-25(19-4-6-20(7-5-19)26(38)2-1-3-27(39)40)37-24-13-10-21(16-22(24)17-36-37)18-8-11-23(12-9-18)41-29(33,34)35/h4-13,16-17,25H,1-3,14-15H2,(H,39,40). The fraction of sp³-hybridized carbons (Fsp3) is 0.276. The molecule has 4 aromatic rings. The van der Waals surface area contributed by atoms with E-state index < -0.39 is 31.0 Å². The maximum atomic E-state index is 13.2. The van der Waals surface area contributed by atoms with Gasteiger partial charge >= 0.3 is 18.5 Å². The van der Waals surface area contributed by atoms with Crippen molar-refractivity contribution in [3.8, 4) is 16.9 Å². The molecular formula is C29H24F6N2O4. The molecule has 41 heavy (non-hydrogen) atoms. The van der Waals surface area contributed by atoms with Gasteiger partial charge in [0.1, 0.15) is 5.75 Å². The van der Waals surface area contributed by atoms with Crippen molar-refractivity contribution in [2.24, 2.45) is 0 Å². The molecule has 0 aliphatic carbocycles. The van der Waals surface area contributed by atoms with Gasteiger partial charge in [-0.25, -0.2) is 0 Å². The van der Waals surface area contributed by atoms with Gasteiger partial charge in [0.25, 0.3) is 0 Å². The number of nitrogens with zero attached hydrogens (tertiary/aromatic N) is 2. The molecule has 0 bridgehead atoms. The summed E-state index contributed by atoms with van der Waals surface area (Å²) >= 11 is 0. The maximum Gasteiger partial charge on any atom is 0.573 e. The lowest BCUT2D eigenvalue weighted by Gasteiger charge is -2.20. The van der Waals surface area contributed by atoms with Gasteiger partial charge in [-0.05, 0) is 53.8 Å². The van der Waals surface area contributed by atoms with Crippen LogP contribution in [0.3, 0.4) is 0 Å². The fourth-order valence-corrected chi connectivity index (χ4v) is 4.50. The van der Waals surface area contributed by atoms with Crippen molar-refractivity contribution in [3.05, 3.63) is 84.1 Å². The number of carboxylic acids is 1. The van der Waals surface area contributed by atoms with Crippen molar-refractivity contribution in [2.75, 3.05) is 0 Å². The van der Waals surface area contributed by atoms with Gasteiger partial charge in [0.05, 0.1) is 17.8 Å². The minimum Gasteiger partial charge on any atom is -0.481 e. The molecule has 0 aliphatic rings. The number of carbonyl (C=O) groups excluding carboxylic acids is 1. The Balaban J connectivity index is 1.60. The normalized spacial score (nSPS) is 12.8. The molecule has 3 aromatic carbocycles. The van der Waals surface area contributed by atoms with E-state index in [0.29, 0.717) is 33.2 Å². The highest BCUT2D eigenvalue weighted by Crippen LogP contribution is 2.34. The van der Waals surface area contributed by atoms with E-state index in [1.165, 1.54) is 47.3 Å². The molecular weight excluding hydrogens is 554 g/mol. The number of aliphatic carboxylic acids is 1. The van der Waals surface area contributed by atoms with Gasteiger partial charge in [-0.1, -0.05) is 42.5 Å². The van der Waals surface area contributed by atoms with Gasteiger partial charge in [0, 0.05) is 30.2 Å². The Morgan fingerprint density at radius 3 is 2.15 bits per heavy atom. The van der Waals surface area contributed by atoms with Crippen LogP contribution in [0.25, 0.3) is 22.0 Å². The van der Waals surface area contributed by atoms with E-state index in [0.717, 1.165) is 0 Å². The number of hydrogen-bond donors (Lipinski definition) is 1. The molecule has 0 amide bonds. The zero-order valence-corrected chi connectivity index (χ0v) is 21.4. The van der Waals surface area contributed by atoms with Gasteiger partial charge in [-0.3, -0.25) is 14.3 Å². The lowest BCUT2D eigenvalue weighted by molar-refractivity contribution is -0.274. The summed E-state index contributed by atoms with van der Waals surface area (Å²) in [6.45, 7) is 0. The average Bonchev–Trinajstić information content (AvgIpc) is 3.31. The molecule has 1 unspecified atom stereocenters. The number of aromatic nitrogens is 2. The molecule has 1 heterocycles. The molecule has 1 atom stereocenters. The van der Waals surface area contributed by atoms with Gasteiger partial charge in [-0.15, -0.1) is 13.2 Å². The Bertz CT molecular complexity index is 1510. The quantitative estimate of drug-likeness (QED) is 0.144. The highest BCUT2D eigenvalue weighted by molar-refractivity contribution is 5.96. The van der Waals surface area contributed by atoms with Crippen LogP contribution in [0.1, 0.15) is 54.1 Å². The third-order valence-electron chi connectivity index (χ3n) is 6.43. The summed E-state index contributed by atoms with van der Waals surface area (Å²) in [5.74, 6) is -1.64. The SMILES string of the molecule is O=C(O)CCCC(=O)c1ccc(C(CCC(F)(F)F)n2ncc3cc(-c4ccc(OC(F)(F)F)cc4)ccc32)cc1. The first-order valence-corrected chi connectivity index (χ1v) is 12.5. The second-order valence-electron chi connectivity index (χ2n) is 9.40. The number of rotatable bonds is 11. The second-order valence-corrected chi connectivity index (χ2v) is 9.40. The number of Topliss-reactive ketones (excluding diaryl/α,β-unsaturated/α-hetero) is 1. The first kappa shape index (κ1) is 29.6. The predicted octanol–water partition coefficient (Wildman–Crippen LogP) is 7.97. The Morgan fingerprint density at radius 1 is 0.878 bits per heavy atom. The molecule has 1 aromatic heterocycles. The zero-order chi connectivity index (χ0) is 29.8. The summed E-state index contributed by atoms with van der Waals surface area (Å²) in [5, 5.41) is 13.7. The summed E-state index contributed by atoms with van der Waals surface area (Å²) in [6, 6.07) is 15.7. The van der Waals surface area contributed by atoms with E-state index >= 15 is 0 Å². The molecule has 0 aliphatic heterocycles. The number of halogens is 6. The molecule has 0 radical (unpaired) electrons. The van der Waals surface area contributed by atoms with Crippen LogP contribution in [0.4, 0.5) is 26.3 Å². The first-order valence-electron chi connectivity index (χ1n) is 12.5. The third kappa shape index (κ3) is 8.09. The molecule has 0 saturated heterocycles. The highest BCUT2D eigenvalue weighted by atomic mass is 19.4. The molecule has 1 N–H and O–H groups in total. The molecule has 0 spiro atoms.